The van der Waals surface area contributed by atoms with Gasteiger partial charge in [-0.25, -0.2) is 9.97 Å². The van der Waals surface area contributed by atoms with E-state index in [0.29, 0.717) is 22.5 Å². The summed E-state index contributed by atoms with van der Waals surface area (Å²) in [7, 11) is 3.09. The number of ether oxygens (including phenoxy) is 2. The van der Waals surface area contributed by atoms with Crippen molar-refractivity contribution in [3.63, 3.8) is 0 Å². The van der Waals surface area contributed by atoms with Crippen molar-refractivity contribution in [2.75, 3.05) is 14.2 Å². The van der Waals surface area contributed by atoms with Crippen LogP contribution >= 0.6 is 0 Å². The molecule has 4 aromatic rings. The lowest BCUT2D eigenvalue weighted by atomic mass is 10.1. The van der Waals surface area contributed by atoms with Gasteiger partial charge in [0, 0.05) is 22.9 Å². The molecule has 2 aromatic carbocycles. The van der Waals surface area contributed by atoms with E-state index >= 15 is 0 Å². The van der Waals surface area contributed by atoms with Crippen LogP contribution in [-0.4, -0.2) is 34.4 Å². The Morgan fingerprint density at radius 3 is 1.46 bits per heavy atom. The molecule has 0 amide bonds. The van der Waals surface area contributed by atoms with Crippen LogP contribution in [0.4, 0.5) is 0 Å². The molecule has 2 N–H and O–H groups in total. The second kappa shape index (κ2) is 7.08. The van der Waals surface area contributed by atoms with Crippen LogP contribution in [0, 0.1) is 0 Å². The highest BCUT2D eigenvalue weighted by molar-refractivity contribution is 5.91. The second-order valence-electron chi connectivity index (χ2n) is 6.15. The number of nitrogens with zero attached hydrogens (tertiary/aromatic N) is 2. The predicted molar refractivity (Wildman–Crippen MR) is 109 cm³/mol. The first-order valence-corrected chi connectivity index (χ1v) is 8.63. The number of aromatic nitrogens is 2. The lowest BCUT2D eigenvalue weighted by Gasteiger charge is -2.11. The first kappa shape index (κ1) is 17.6. The molecular formula is C22H18N2O4. The third-order valence-corrected chi connectivity index (χ3v) is 4.51. The van der Waals surface area contributed by atoms with Crippen molar-refractivity contribution < 1.29 is 19.7 Å². The highest BCUT2D eigenvalue weighted by Crippen LogP contribution is 2.32. The molecule has 0 spiro atoms. The zero-order valence-corrected chi connectivity index (χ0v) is 15.4. The van der Waals surface area contributed by atoms with Gasteiger partial charge < -0.3 is 19.7 Å². The number of pyridine rings is 2. The quantitative estimate of drug-likeness (QED) is 0.502. The van der Waals surface area contributed by atoms with Gasteiger partial charge in [0.25, 0.3) is 0 Å². The fraction of sp³-hybridized carbons (Fsp3) is 0.0909. The van der Waals surface area contributed by atoms with Gasteiger partial charge in [-0.1, -0.05) is 24.3 Å². The number of hydrogen-bond donors (Lipinski definition) is 2. The molecule has 140 valence electrons. The fourth-order valence-electron chi connectivity index (χ4n) is 3.11. The number of rotatable bonds is 4. The van der Waals surface area contributed by atoms with Crippen molar-refractivity contribution in [1.29, 1.82) is 0 Å². The number of methoxy groups -OCH3 is 2. The zero-order valence-electron chi connectivity index (χ0n) is 15.4. The van der Waals surface area contributed by atoms with Gasteiger partial charge in [0.15, 0.2) is 11.5 Å². The molecule has 0 saturated heterocycles. The van der Waals surface area contributed by atoms with Gasteiger partial charge in [0.05, 0.1) is 25.3 Å². The van der Waals surface area contributed by atoms with E-state index in [4.69, 9.17) is 9.47 Å². The van der Waals surface area contributed by atoms with Gasteiger partial charge in [-0.2, -0.15) is 0 Å². The smallest absolute Gasteiger partial charge is 0.186 e. The number of aliphatic hydroxyl groups excluding tert-OH is 2. The molecule has 0 fully saturated rings. The normalized spacial score (nSPS) is 12.1. The highest BCUT2D eigenvalue weighted by Gasteiger charge is 2.17. The summed E-state index contributed by atoms with van der Waals surface area (Å²) in [5.41, 5.74) is 1.64. The monoisotopic (exact) mass is 374 g/mol. The van der Waals surface area contributed by atoms with Crippen LogP contribution in [0.2, 0.25) is 0 Å². The minimum absolute atomic E-state index is 0.182. The molecule has 0 aliphatic heterocycles. The van der Waals surface area contributed by atoms with E-state index in [9.17, 15) is 10.2 Å². The maximum atomic E-state index is 10.7. The molecule has 0 unspecified atom stereocenters. The Morgan fingerprint density at radius 2 is 1.07 bits per heavy atom. The second-order valence-corrected chi connectivity index (χ2v) is 6.15. The van der Waals surface area contributed by atoms with Crippen LogP contribution in [0.15, 0.2) is 60.7 Å². The molecule has 28 heavy (non-hydrogen) atoms. The van der Waals surface area contributed by atoms with Gasteiger partial charge in [-0.3, -0.25) is 0 Å². The summed E-state index contributed by atoms with van der Waals surface area (Å²) in [4.78, 5) is 8.86. The van der Waals surface area contributed by atoms with Crippen molar-refractivity contribution in [3.8, 4) is 11.5 Å². The summed E-state index contributed by atoms with van der Waals surface area (Å²) in [5, 5.41) is 23.0. The Labute approximate surface area is 161 Å². The molecule has 2 heterocycles. The molecule has 0 aliphatic rings. The summed E-state index contributed by atoms with van der Waals surface area (Å²) >= 11 is 0. The molecular weight excluding hydrogens is 356 g/mol. The molecule has 0 bridgehead atoms. The Balaban J connectivity index is 1.89. The van der Waals surface area contributed by atoms with Crippen molar-refractivity contribution in [2.24, 2.45) is 0 Å². The number of para-hydroxylation sites is 2. The van der Waals surface area contributed by atoms with Crippen LogP contribution in [0.3, 0.4) is 0 Å². The van der Waals surface area contributed by atoms with Crippen LogP contribution in [0.5, 0.6) is 11.5 Å². The SMILES string of the molecule is COc1cc(C(O)=C(O)c2cc(OC)c3ccccc3n2)nc2ccccc12. The van der Waals surface area contributed by atoms with Gasteiger partial charge in [-0.15, -0.1) is 0 Å². The number of aliphatic hydroxyl groups is 2. The molecule has 4 rings (SSSR count). The zero-order chi connectivity index (χ0) is 19.7. The molecule has 6 heteroatoms. The Bertz CT molecular complexity index is 1120. The van der Waals surface area contributed by atoms with E-state index in [1.807, 2.05) is 48.5 Å². The number of hydrogen-bond acceptors (Lipinski definition) is 6. The van der Waals surface area contributed by atoms with Crippen molar-refractivity contribution >= 4 is 33.3 Å². The van der Waals surface area contributed by atoms with Crippen molar-refractivity contribution in [2.45, 2.75) is 0 Å². The van der Waals surface area contributed by atoms with Gasteiger partial charge in [0.1, 0.15) is 22.9 Å². The maximum Gasteiger partial charge on any atom is 0.186 e. The molecule has 2 aromatic heterocycles. The van der Waals surface area contributed by atoms with E-state index in [-0.39, 0.29) is 11.4 Å². The molecule has 0 atom stereocenters. The van der Waals surface area contributed by atoms with E-state index in [2.05, 4.69) is 9.97 Å². The predicted octanol–water partition coefficient (Wildman–Crippen LogP) is 4.74. The molecule has 0 radical (unpaired) electrons. The average Bonchev–Trinajstić information content (AvgIpc) is 2.76. The first-order chi connectivity index (χ1) is 13.6. The Hall–Kier alpha value is -3.80. The minimum Gasteiger partial charge on any atom is -0.503 e. The average molecular weight is 374 g/mol. The number of fused-ring (bicyclic) bond motifs is 2. The Kier molecular flexibility index (Phi) is 4.45. The van der Waals surface area contributed by atoms with E-state index in [0.717, 1.165) is 10.8 Å². The van der Waals surface area contributed by atoms with Crippen molar-refractivity contribution in [1.82, 2.24) is 9.97 Å². The lowest BCUT2D eigenvalue weighted by molar-refractivity contribution is 0.416. The van der Waals surface area contributed by atoms with Crippen molar-refractivity contribution in [3.05, 3.63) is 72.1 Å². The third-order valence-electron chi connectivity index (χ3n) is 4.51. The minimum atomic E-state index is -0.395. The fourth-order valence-corrected chi connectivity index (χ4v) is 3.11. The Morgan fingerprint density at radius 1 is 0.679 bits per heavy atom. The largest absolute Gasteiger partial charge is 0.503 e. The summed E-state index contributed by atoms with van der Waals surface area (Å²) in [6.45, 7) is 0. The van der Waals surface area contributed by atoms with E-state index in [1.165, 1.54) is 0 Å². The van der Waals surface area contributed by atoms with Crippen LogP contribution in [0.25, 0.3) is 33.3 Å². The summed E-state index contributed by atoms with van der Waals surface area (Å²) in [5.74, 6) is 0.302. The number of benzene rings is 2. The first-order valence-electron chi connectivity index (χ1n) is 8.63. The highest BCUT2D eigenvalue weighted by atomic mass is 16.5. The summed E-state index contributed by atoms with van der Waals surface area (Å²) < 4.78 is 10.8. The van der Waals surface area contributed by atoms with E-state index < -0.39 is 11.5 Å². The van der Waals surface area contributed by atoms with E-state index in [1.54, 1.807) is 26.4 Å². The summed E-state index contributed by atoms with van der Waals surface area (Å²) in [6, 6.07) is 18.0. The third kappa shape index (κ3) is 2.95. The van der Waals surface area contributed by atoms with Gasteiger partial charge in [0.2, 0.25) is 0 Å². The lowest BCUT2D eigenvalue weighted by Crippen LogP contribution is -1.99. The van der Waals surface area contributed by atoms with Crippen LogP contribution in [-0.2, 0) is 0 Å². The van der Waals surface area contributed by atoms with Gasteiger partial charge in [-0.05, 0) is 24.3 Å². The molecule has 0 aliphatic carbocycles. The van der Waals surface area contributed by atoms with Crippen LogP contribution < -0.4 is 9.47 Å². The topological polar surface area (TPSA) is 84.7 Å². The van der Waals surface area contributed by atoms with Crippen LogP contribution in [0.1, 0.15) is 11.4 Å². The summed E-state index contributed by atoms with van der Waals surface area (Å²) in [6.07, 6.45) is 0. The molecule has 0 saturated carbocycles. The van der Waals surface area contributed by atoms with Gasteiger partial charge >= 0.3 is 0 Å². The maximum absolute atomic E-state index is 10.7. The standard InChI is InChI=1S/C22H18N2O4/c1-27-19-11-17(23-15-9-5-3-7-13(15)19)21(25)22(26)18-12-20(28-2)14-8-4-6-10-16(14)24-18/h3-12,25-26H,1-2H3. The molecule has 6 nitrogen and oxygen atoms in total.